The van der Waals surface area contributed by atoms with Crippen LogP contribution in [0.1, 0.15) is 0 Å². The predicted octanol–water partition coefficient (Wildman–Crippen LogP) is -1.91. The minimum atomic E-state index is -1.28. The molecule has 1 heterocycles. The molecule has 5 atom stereocenters. The molecule has 14 heavy (non-hydrogen) atoms. The van der Waals surface area contributed by atoms with E-state index < -0.39 is 30.7 Å². The molecular formula is C8H16O6. The maximum atomic E-state index is 9.48. The highest BCUT2D eigenvalue weighted by Crippen LogP contribution is 2.21. The SMILES string of the molecule is COCC1O[C@H](OC)[C@H](O)[C@@H](O)[C@@H]1O. The summed E-state index contributed by atoms with van der Waals surface area (Å²) in [6, 6.07) is 0. The molecule has 6 nitrogen and oxygen atoms in total. The van der Waals surface area contributed by atoms with Crippen molar-refractivity contribution < 1.29 is 29.5 Å². The van der Waals surface area contributed by atoms with E-state index in [1.807, 2.05) is 0 Å². The zero-order valence-corrected chi connectivity index (χ0v) is 8.16. The Morgan fingerprint density at radius 1 is 1.07 bits per heavy atom. The van der Waals surface area contributed by atoms with Crippen molar-refractivity contribution in [1.29, 1.82) is 0 Å². The van der Waals surface area contributed by atoms with Gasteiger partial charge in [0.25, 0.3) is 0 Å². The molecule has 1 saturated heterocycles. The zero-order chi connectivity index (χ0) is 10.7. The standard InChI is InChI=1S/C8H16O6/c1-12-3-4-5(9)6(10)7(11)8(13-2)14-4/h4-11H,3H2,1-2H3/t4?,5-,6+,7-,8+/m1/s1. The Bertz CT molecular complexity index is 171. The van der Waals surface area contributed by atoms with E-state index in [0.29, 0.717) is 0 Å². The molecule has 0 saturated carbocycles. The predicted molar refractivity (Wildman–Crippen MR) is 45.6 cm³/mol. The number of rotatable bonds is 3. The summed E-state index contributed by atoms with van der Waals surface area (Å²) in [5, 5.41) is 28.3. The molecule has 0 bridgehead atoms. The van der Waals surface area contributed by atoms with Crippen LogP contribution in [0.5, 0.6) is 0 Å². The summed E-state index contributed by atoms with van der Waals surface area (Å²) in [4.78, 5) is 0. The van der Waals surface area contributed by atoms with E-state index in [1.165, 1.54) is 14.2 Å². The first-order valence-electron chi connectivity index (χ1n) is 4.33. The first-order valence-corrected chi connectivity index (χ1v) is 4.33. The van der Waals surface area contributed by atoms with Gasteiger partial charge in [0.2, 0.25) is 0 Å². The average Bonchev–Trinajstić information content (AvgIpc) is 2.19. The van der Waals surface area contributed by atoms with Crippen LogP contribution in [-0.2, 0) is 14.2 Å². The van der Waals surface area contributed by atoms with Crippen molar-refractivity contribution >= 4 is 0 Å². The Morgan fingerprint density at radius 2 is 1.71 bits per heavy atom. The Morgan fingerprint density at radius 3 is 2.21 bits per heavy atom. The van der Waals surface area contributed by atoms with Gasteiger partial charge in [0.1, 0.15) is 24.4 Å². The van der Waals surface area contributed by atoms with Gasteiger partial charge in [0.15, 0.2) is 6.29 Å². The molecule has 0 aliphatic carbocycles. The lowest BCUT2D eigenvalue weighted by atomic mass is 9.99. The third-order valence-corrected chi connectivity index (χ3v) is 2.23. The molecule has 0 amide bonds. The molecule has 1 unspecified atom stereocenters. The minimum Gasteiger partial charge on any atom is -0.387 e. The zero-order valence-electron chi connectivity index (χ0n) is 8.16. The Kier molecular flexibility index (Phi) is 4.24. The van der Waals surface area contributed by atoms with Gasteiger partial charge in [-0.05, 0) is 0 Å². The maximum Gasteiger partial charge on any atom is 0.186 e. The lowest BCUT2D eigenvalue weighted by Gasteiger charge is -2.39. The van der Waals surface area contributed by atoms with Crippen LogP contribution in [0.4, 0.5) is 0 Å². The molecule has 1 fully saturated rings. The molecule has 0 aromatic carbocycles. The second-order valence-corrected chi connectivity index (χ2v) is 3.21. The van der Waals surface area contributed by atoms with Gasteiger partial charge in [-0.15, -0.1) is 0 Å². The van der Waals surface area contributed by atoms with Crippen LogP contribution >= 0.6 is 0 Å². The first kappa shape index (κ1) is 11.8. The molecular weight excluding hydrogens is 192 g/mol. The van der Waals surface area contributed by atoms with E-state index in [-0.39, 0.29) is 6.61 Å². The fourth-order valence-electron chi connectivity index (χ4n) is 1.41. The lowest BCUT2D eigenvalue weighted by molar-refractivity contribution is -0.295. The summed E-state index contributed by atoms with van der Waals surface area (Å²) in [7, 11) is 2.80. The summed E-state index contributed by atoms with van der Waals surface area (Å²) >= 11 is 0. The number of aliphatic hydroxyl groups excluding tert-OH is 3. The normalized spacial score (nSPS) is 43.9. The molecule has 0 radical (unpaired) electrons. The summed E-state index contributed by atoms with van der Waals surface area (Å²) in [6.07, 6.45) is -5.33. The highest BCUT2D eigenvalue weighted by atomic mass is 16.7. The van der Waals surface area contributed by atoms with Gasteiger partial charge in [-0.2, -0.15) is 0 Å². The molecule has 6 heteroatoms. The van der Waals surface area contributed by atoms with Gasteiger partial charge in [-0.1, -0.05) is 0 Å². The highest BCUT2D eigenvalue weighted by Gasteiger charge is 2.43. The van der Waals surface area contributed by atoms with Crippen molar-refractivity contribution in [3.8, 4) is 0 Å². The van der Waals surface area contributed by atoms with E-state index in [0.717, 1.165) is 0 Å². The van der Waals surface area contributed by atoms with Gasteiger partial charge in [-0.3, -0.25) is 0 Å². The summed E-state index contributed by atoms with van der Waals surface area (Å²) in [6.45, 7) is 0.130. The number of methoxy groups -OCH3 is 2. The van der Waals surface area contributed by atoms with Crippen molar-refractivity contribution in [2.24, 2.45) is 0 Å². The third kappa shape index (κ3) is 2.22. The first-order chi connectivity index (χ1) is 6.61. The topological polar surface area (TPSA) is 88.4 Å². The van der Waals surface area contributed by atoms with Crippen molar-refractivity contribution in [2.75, 3.05) is 20.8 Å². The Balaban J connectivity index is 2.63. The molecule has 0 aromatic heterocycles. The number of ether oxygens (including phenoxy) is 3. The summed E-state index contributed by atoms with van der Waals surface area (Å²) in [5.74, 6) is 0. The molecule has 1 aliphatic rings. The fraction of sp³-hybridized carbons (Fsp3) is 1.00. The van der Waals surface area contributed by atoms with Gasteiger partial charge in [0.05, 0.1) is 6.61 Å². The largest absolute Gasteiger partial charge is 0.387 e. The van der Waals surface area contributed by atoms with Crippen LogP contribution < -0.4 is 0 Å². The van der Waals surface area contributed by atoms with Crippen molar-refractivity contribution in [3.05, 3.63) is 0 Å². The van der Waals surface area contributed by atoms with Crippen molar-refractivity contribution in [3.63, 3.8) is 0 Å². The van der Waals surface area contributed by atoms with Crippen LogP contribution in [-0.4, -0.2) is 66.9 Å². The van der Waals surface area contributed by atoms with Gasteiger partial charge >= 0.3 is 0 Å². The fourth-order valence-corrected chi connectivity index (χ4v) is 1.41. The number of hydrogen-bond acceptors (Lipinski definition) is 6. The number of aliphatic hydroxyl groups is 3. The molecule has 1 rings (SSSR count). The Labute approximate surface area is 82.0 Å². The second kappa shape index (κ2) is 5.01. The van der Waals surface area contributed by atoms with Crippen LogP contribution in [0.2, 0.25) is 0 Å². The van der Waals surface area contributed by atoms with E-state index in [1.54, 1.807) is 0 Å². The van der Waals surface area contributed by atoms with Crippen LogP contribution in [0.25, 0.3) is 0 Å². The monoisotopic (exact) mass is 208 g/mol. The van der Waals surface area contributed by atoms with Crippen molar-refractivity contribution in [1.82, 2.24) is 0 Å². The van der Waals surface area contributed by atoms with Crippen LogP contribution in [0.3, 0.4) is 0 Å². The van der Waals surface area contributed by atoms with Crippen LogP contribution in [0.15, 0.2) is 0 Å². The molecule has 1 aliphatic heterocycles. The molecule has 84 valence electrons. The van der Waals surface area contributed by atoms with Crippen molar-refractivity contribution in [2.45, 2.75) is 30.7 Å². The van der Waals surface area contributed by atoms with E-state index >= 15 is 0 Å². The van der Waals surface area contributed by atoms with E-state index in [4.69, 9.17) is 14.2 Å². The summed E-state index contributed by atoms with van der Waals surface area (Å²) < 4.78 is 14.8. The molecule has 0 aromatic rings. The summed E-state index contributed by atoms with van der Waals surface area (Å²) in [5.41, 5.74) is 0. The maximum absolute atomic E-state index is 9.48. The highest BCUT2D eigenvalue weighted by molar-refractivity contribution is 4.88. The molecule has 3 N–H and O–H groups in total. The minimum absolute atomic E-state index is 0.130. The quantitative estimate of drug-likeness (QED) is 0.501. The lowest BCUT2D eigenvalue weighted by Crippen LogP contribution is -2.59. The third-order valence-electron chi connectivity index (χ3n) is 2.23. The van der Waals surface area contributed by atoms with E-state index in [2.05, 4.69) is 0 Å². The van der Waals surface area contributed by atoms with E-state index in [9.17, 15) is 15.3 Å². The smallest absolute Gasteiger partial charge is 0.186 e. The van der Waals surface area contributed by atoms with Gasteiger partial charge in [0, 0.05) is 14.2 Å². The second-order valence-electron chi connectivity index (χ2n) is 3.21. The number of hydrogen-bond donors (Lipinski definition) is 3. The Hall–Kier alpha value is -0.240. The average molecular weight is 208 g/mol. The van der Waals surface area contributed by atoms with Crippen LogP contribution in [0, 0.1) is 0 Å². The van der Waals surface area contributed by atoms with Gasteiger partial charge < -0.3 is 29.5 Å². The van der Waals surface area contributed by atoms with Gasteiger partial charge in [-0.25, -0.2) is 0 Å². The molecule has 0 spiro atoms.